The number of amides is 1. The minimum absolute atomic E-state index is 0.0801. The zero-order chi connectivity index (χ0) is 18.8. The number of nitrogens with one attached hydrogen (secondary N) is 1. The highest BCUT2D eigenvalue weighted by Crippen LogP contribution is 2.28. The molecule has 0 spiro atoms. The molecule has 0 unspecified atom stereocenters. The molecule has 0 fully saturated rings. The maximum Gasteiger partial charge on any atom is 0.335 e. The molecular weight excluding hydrogens is 381 g/mol. The molecule has 3 aromatic rings. The number of carbonyl (C=O) groups excluding carboxylic acids is 1. The Morgan fingerprint density at radius 3 is 2.19 bits per heavy atom. The Hall–Kier alpha value is -3.10. The SMILES string of the molecule is NC(=O)c1nn(-c2c(Cl)cccc2Cl)nc1Nc1ccc(C(=O)O)cc1. The van der Waals surface area contributed by atoms with Gasteiger partial charge in [0, 0.05) is 5.69 Å². The first-order valence-electron chi connectivity index (χ1n) is 7.18. The van der Waals surface area contributed by atoms with Crippen molar-refractivity contribution in [3.05, 3.63) is 63.8 Å². The first-order chi connectivity index (χ1) is 12.4. The van der Waals surface area contributed by atoms with E-state index >= 15 is 0 Å². The van der Waals surface area contributed by atoms with E-state index in [0.29, 0.717) is 21.4 Å². The highest BCUT2D eigenvalue weighted by molar-refractivity contribution is 6.37. The number of aromatic nitrogens is 3. The van der Waals surface area contributed by atoms with Gasteiger partial charge in [-0.05, 0) is 36.4 Å². The maximum absolute atomic E-state index is 11.7. The third-order valence-electron chi connectivity index (χ3n) is 3.38. The third kappa shape index (κ3) is 3.46. The van der Waals surface area contributed by atoms with Crippen LogP contribution in [-0.4, -0.2) is 32.0 Å². The number of aromatic carboxylic acids is 1. The zero-order valence-electron chi connectivity index (χ0n) is 13.0. The van der Waals surface area contributed by atoms with Crippen molar-refractivity contribution in [1.29, 1.82) is 0 Å². The number of carboxylic acid groups (broad SMARTS) is 1. The fourth-order valence-corrected chi connectivity index (χ4v) is 2.72. The van der Waals surface area contributed by atoms with Crippen molar-refractivity contribution < 1.29 is 14.7 Å². The van der Waals surface area contributed by atoms with E-state index in [9.17, 15) is 9.59 Å². The van der Waals surface area contributed by atoms with E-state index < -0.39 is 11.9 Å². The Labute approximate surface area is 157 Å². The number of anilines is 2. The fourth-order valence-electron chi connectivity index (χ4n) is 2.17. The van der Waals surface area contributed by atoms with Crippen molar-refractivity contribution in [1.82, 2.24) is 15.0 Å². The van der Waals surface area contributed by atoms with Crippen LogP contribution in [0.15, 0.2) is 42.5 Å². The van der Waals surface area contributed by atoms with Gasteiger partial charge in [-0.25, -0.2) is 4.79 Å². The number of rotatable bonds is 5. The predicted octanol–water partition coefficient (Wildman–Crippen LogP) is 3.11. The molecule has 132 valence electrons. The molecule has 0 aliphatic carbocycles. The van der Waals surface area contributed by atoms with Crippen molar-refractivity contribution in [3.63, 3.8) is 0 Å². The summed E-state index contributed by atoms with van der Waals surface area (Å²) >= 11 is 12.3. The van der Waals surface area contributed by atoms with Gasteiger partial charge in [0.25, 0.3) is 5.91 Å². The highest BCUT2D eigenvalue weighted by atomic mass is 35.5. The summed E-state index contributed by atoms with van der Waals surface area (Å²) in [6, 6.07) is 10.7. The number of primary amides is 1. The average molecular weight is 392 g/mol. The molecule has 0 aliphatic rings. The molecule has 2 aromatic carbocycles. The van der Waals surface area contributed by atoms with E-state index in [1.54, 1.807) is 18.2 Å². The Morgan fingerprint density at radius 2 is 1.65 bits per heavy atom. The fraction of sp³-hybridized carbons (Fsp3) is 0. The molecule has 1 amide bonds. The number of nitrogens with zero attached hydrogens (tertiary/aromatic N) is 3. The van der Waals surface area contributed by atoms with Crippen molar-refractivity contribution in [2.24, 2.45) is 5.73 Å². The second kappa shape index (κ2) is 7.03. The molecule has 3 rings (SSSR count). The van der Waals surface area contributed by atoms with Crippen LogP contribution in [0.2, 0.25) is 10.0 Å². The van der Waals surface area contributed by atoms with Crippen LogP contribution in [0.5, 0.6) is 0 Å². The topological polar surface area (TPSA) is 123 Å². The smallest absolute Gasteiger partial charge is 0.335 e. The van der Waals surface area contributed by atoms with Crippen molar-refractivity contribution >= 4 is 46.6 Å². The summed E-state index contributed by atoms with van der Waals surface area (Å²) in [5.74, 6) is -1.77. The second-order valence-corrected chi connectivity index (χ2v) is 5.94. The normalized spacial score (nSPS) is 10.5. The summed E-state index contributed by atoms with van der Waals surface area (Å²) in [6.07, 6.45) is 0. The van der Waals surface area contributed by atoms with Crippen LogP contribution in [0.4, 0.5) is 11.5 Å². The van der Waals surface area contributed by atoms with Crippen LogP contribution in [0.1, 0.15) is 20.8 Å². The molecule has 1 heterocycles. The quantitative estimate of drug-likeness (QED) is 0.613. The number of hydrogen-bond donors (Lipinski definition) is 3. The Kier molecular flexibility index (Phi) is 4.79. The largest absolute Gasteiger partial charge is 0.478 e. The lowest BCUT2D eigenvalue weighted by Gasteiger charge is -2.05. The predicted molar refractivity (Wildman–Crippen MR) is 96.6 cm³/mol. The first-order valence-corrected chi connectivity index (χ1v) is 7.94. The van der Waals surface area contributed by atoms with E-state index in [-0.39, 0.29) is 17.1 Å². The molecule has 1 aromatic heterocycles. The Bertz CT molecular complexity index is 981. The number of halogens is 2. The van der Waals surface area contributed by atoms with Crippen LogP contribution in [-0.2, 0) is 0 Å². The number of carboxylic acids is 1. The first kappa shape index (κ1) is 17.7. The standard InChI is InChI=1S/C16H11Cl2N5O3/c17-10-2-1-3-11(18)13(10)23-21-12(14(19)24)15(22-23)20-9-6-4-8(5-7-9)16(25)26/h1-7H,(H2,19,24)(H,20,22)(H,25,26). The van der Waals surface area contributed by atoms with Gasteiger partial charge in [0.05, 0.1) is 15.6 Å². The molecule has 0 radical (unpaired) electrons. The van der Waals surface area contributed by atoms with Crippen molar-refractivity contribution in [3.8, 4) is 5.69 Å². The summed E-state index contributed by atoms with van der Waals surface area (Å²) in [5.41, 5.74) is 6.16. The number of hydrogen-bond acceptors (Lipinski definition) is 5. The van der Waals surface area contributed by atoms with Gasteiger partial charge in [0.15, 0.2) is 11.5 Å². The second-order valence-electron chi connectivity index (χ2n) is 5.13. The van der Waals surface area contributed by atoms with Gasteiger partial charge in [-0.1, -0.05) is 29.3 Å². The van der Waals surface area contributed by atoms with Gasteiger partial charge in [-0.15, -0.1) is 15.0 Å². The average Bonchev–Trinajstić information content (AvgIpc) is 2.99. The minimum Gasteiger partial charge on any atom is -0.478 e. The van der Waals surface area contributed by atoms with Crippen LogP contribution in [0.3, 0.4) is 0 Å². The van der Waals surface area contributed by atoms with Gasteiger partial charge < -0.3 is 16.2 Å². The number of para-hydroxylation sites is 1. The maximum atomic E-state index is 11.7. The molecule has 10 heteroatoms. The summed E-state index contributed by atoms with van der Waals surface area (Å²) < 4.78 is 0. The van der Waals surface area contributed by atoms with Gasteiger partial charge in [0.1, 0.15) is 5.69 Å². The van der Waals surface area contributed by atoms with Gasteiger partial charge in [-0.2, -0.15) is 0 Å². The van der Waals surface area contributed by atoms with Crippen LogP contribution >= 0.6 is 23.2 Å². The van der Waals surface area contributed by atoms with Crippen molar-refractivity contribution in [2.45, 2.75) is 0 Å². The van der Waals surface area contributed by atoms with E-state index in [1.807, 2.05) is 0 Å². The highest BCUT2D eigenvalue weighted by Gasteiger charge is 2.20. The lowest BCUT2D eigenvalue weighted by Crippen LogP contribution is -2.14. The summed E-state index contributed by atoms with van der Waals surface area (Å²) in [6.45, 7) is 0. The molecule has 0 aliphatic heterocycles. The third-order valence-corrected chi connectivity index (χ3v) is 3.99. The molecule has 0 saturated carbocycles. The molecule has 26 heavy (non-hydrogen) atoms. The summed E-state index contributed by atoms with van der Waals surface area (Å²) in [5, 5.41) is 20.6. The van der Waals surface area contributed by atoms with Gasteiger partial charge in [0.2, 0.25) is 0 Å². The molecule has 0 atom stereocenters. The molecule has 0 bridgehead atoms. The van der Waals surface area contributed by atoms with E-state index in [4.69, 9.17) is 34.0 Å². The summed E-state index contributed by atoms with van der Waals surface area (Å²) in [4.78, 5) is 23.7. The van der Waals surface area contributed by atoms with E-state index in [1.165, 1.54) is 24.3 Å². The lowest BCUT2D eigenvalue weighted by atomic mass is 10.2. The molecule has 4 N–H and O–H groups in total. The van der Waals surface area contributed by atoms with Crippen LogP contribution in [0.25, 0.3) is 5.69 Å². The number of benzene rings is 2. The van der Waals surface area contributed by atoms with Gasteiger partial charge in [-0.3, -0.25) is 4.79 Å². The Balaban J connectivity index is 2.00. The van der Waals surface area contributed by atoms with Crippen LogP contribution < -0.4 is 11.1 Å². The van der Waals surface area contributed by atoms with E-state index in [2.05, 4.69) is 15.5 Å². The molecule has 0 saturated heterocycles. The number of nitrogens with two attached hydrogens (primary N) is 1. The van der Waals surface area contributed by atoms with Crippen molar-refractivity contribution in [2.75, 3.05) is 5.32 Å². The molecule has 8 nitrogen and oxygen atoms in total. The van der Waals surface area contributed by atoms with E-state index in [0.717, 1.165) is 4.80 Å². The summed E-state index contributed by atoms with van der Waals surface area (Å²) in [7, 11) is 0. The number of carbonyl (C=O) groups is 2. The van der Waals surface area contributed by atoms with Gasteiger partial charge >= 0.3 is 5.97 Å². The van der Waals surface area contributed by atoms with Crippen LogP contribution in [0, 0.1) is 0 Å². The molecular formula is C16H11Cl2N5O3. The monoisotopic (exact) mass is 391 g/mol. The minimum atomic E-state index is -1.05. The Morgan fingerprint density at radius 1 is 1.04 bits per heavy atom. The zero-order valence-corrected chi connectivity index (χ0v) is 14.5. The lowest BCUT2D eigenvalue weighted by molar-refractivity contribution is 0.0696.